The minimum atomic E-state index is 0.0783. The van der Waals surface area contributed by atoms with Gasteiger partial charge in [-0.3, -0.25) is 0 Å². The number of benzene rings is 2. The molecule has 2 aliphatic rings. The number of hydrogen-bond donors (Lipinski definition) is 0. The van der Waals surface area contributed by atoms with Crippen molar-refractivity contribution in [3.8, 4) is 17.2 Å². The molecule has 7 heteroatoms. The van der Waals surface area contributed by atoms with Gasteiger partial charge in [-0.25, -0.2) is 0 Å². The van der Waals surface area contributed by atoms with Gasteiger partial charge in [0.15, 0.2) is 0 Å². The summed E-state index contributed by atoms with van der Waals surface area (Å²) in [4.78, 5) is 4.37. The Bertz CT molecular complexity index is 816. The van der Waals surface area contributed by atoms with Gasteiger partial charge in [0.05, 0.1) is 44.8 Å². The Hall–Kier alpha value is -2.64. The van der Waals surface area contributed by atoms with Crippen LogP contribution in [-0.2, 0) is 9.47 Å². The van der Waals surface area contributed by atoms with Gasteiger partial charge in [-0.1, -0.05) is 12.1 Å². The van der Waals surface area contributed by atoms with Crippen molar-refractivity contribution in [1.29, 1.82) is 0 Å². The predicted octanol–water partition coefficient (Wildman–Crippen LogP) is 3.07. The van der Waals surface area contributed by atoms with Crippen LogP contribution >= 0.6 is 0 Å². The van der Waals surface area contributed by atoms with E-state index in [0.717, 1.165) is 41.7 Å². The normalized spacial score (nSPS) is 19.5. The molecular weight excluding hydrogens is 384 g/mol. The lowest BCUT2D eigenvalue weighted by Crippen LogP contribution is -2.40. The summed E-state index contributed by atoms with van der Waals surface area (Å²) in [6, 6.07) is 13.9. The first-order valence-corrected chi connectivity index (χ1v) is 10.1. The van der Waals surface area contributed by atoms with Crippen molar-refractivity contribution in [3.63, 3.8) is 0 Å². The Labute approximate surface area is 179 Å². The van der Waals surface area contributed by atoms with E-state index < -0.39 is 0 Å². The van der Waals surface area contributed by atoms with E-state index in [1.807, 2.05) is 36.4 Å². The van der Waals surface area contributed by atoms with Crippen molar-refractivity contribution in [2.75, 3.05) is 71.5 Å². The minimum Gasteiger partial charge on any atom is -0.497 e. The van der Waals surface area contributed by atoms with Crippen LogP contribution in [-0.4, -0.2) is 73.9 Å². The molecule has 164 valence electrons. The van der Waals surface area contributed by atoms with Crippen LogP contribution < -0.4 is 24.0 Å². The van der Waals surface area contributed by atoms with E-state index >= 15 is 0 Å². The zero-order valence-corrected chi connectivity index (χ0v) is 18.5. The first-order valence-electron chi connectivity index (χ1n) is 10.1. The van der Waals surface area contributed by atoms with Crippen molar-refractivity contribution in [1.82, 2.24) is 0 Å². The van der Waals surface area contributed by atoms with Crippen LogP contribution in [0, 0.1) is 0 Å². The highest BCUT2D eigenvalue weighted by atomic mass is 16.5. The third-order valence-electron chi connectivity index (χ3n) is 5.10. The monoisotopic (exact) mass is 416 g/mol. The van der Waals surface area contributed by atoms with Crippen LogP contribution in [0.1, 0.15) is 0 Å². The van der Waals surface area contributed by atoms with E-state index in [-0.39, 0.29) is 12.2 Å². The van der Waals surface area contributed by atoms with Gasteiger partial charge in [0.2, 0.25) is 0 Å². The predicted molar refractivity (Wildman–Crippen MR) is 119 cm³/mol. The second-order valence-electron chi connectivity index (χ2n) is 7.45. The van der Waals surface area contributed by atoms with Crippen molar-refractivity contribution in [2.45, 2.75) is 12.2 Å². The van der Waals surface area contributed by atoms with Crippen LogP contribution in [0.25, 0.3) is 0 Å². The fourth-order valence-corrected chi connectivity index (χ4v) is 3.69. The van der Waals surface area contributed by atoms with Gasteiger partial charge in [0.25, 0.3) is 0 Å². The summed E-state index contributed by atoms with van der Waals surface area (Å²) in [5.74, 6) is 2.61. The molecule has 0 unspecified atom stereocenters. The molecule has 0 spiro atoms. The topological polar surface area (TPSA) is 52.6 Å². The summed E-state index contributed by atoms with van der Waals surface area (Å²) in [5, 5.41) is 0. The van der Waals surface area contributed by atoms with Gasteiger partial charge in [-0.15, -0.1) is 0 Å². The molecule has 2 aromatic rings. The number of methoxy groups -OCH3 is 3. The van der Waals surface area contributed by atoms with Gasteiger partial charge in [-0.2, -0.15) is 0 Å². The average molecular weight is 417 g/mol. The summed E-state index contributed by atoms with van der Waals surface area (Å²) < 4.78 is 27.0. The van der Waals surface area contributed by atoms with Crippen molar-refractivity contribution in [2.24, 2.45) is 0 Å². The number of hydrogen-bond acceptors (Lipinski definition) is 7. The highest BCUT2D eigenvalue weighted by molar-refractivity contribution is 5.62. The van der Waals surface area contributed by atoms with Crippen LogP contribution in [0.5, 0.6) is 17.2 Å². The largest absolute Gasteiger partial charge is 0.497 e. The molecule has 0 radical (unpaired) electrons. The molecule has 7 nitrogen and oxygen atoms in total. The Morgan fingerprint density at radius 1 is 0.800 bits per heavy atom. The standard InChI is InChI=1S/C12H17NO3.C11H15NO2/c1-13-7-10(8-14-2)16-12-6-9(15-3)4-5-11(12)13;1-12-7-9(8-13-2)14-11-6-4-3-5-10(11)12/h4-6,10H,7-8H2,1-3H3;3-6,9H,7-8H2,1-2H3/t10-;9-/m11/s1. The second-order valence-corrected chi connectivity index (χ2v) is 7.45. The maximum atomic E-state index is 5.84. The molecule has 0 fully saturated rings. The molecule has 0 aliphatic carbocycles. The Balaban J connectivity index is 0.000000172. The molecule has 4 rings (SSSR count). The van der Waals surface area contributed by atoms with Crippen molar-refractivity contribution < 1.29 is 23.7 Å². The summed E-state index contributed by atoms with van der Waals surface area (Å²) >= 11 is 0. The smallest absolute Gasteiger partial charge is 0.146 e. The number of rotatable bonds is 5. The number of ether oxygens (including phenoxy) is 5. The van der Waals surface area contributed by atoms with Gasteiger partial charge in [0.1, 0.15) is 29.5 Å². The molecule has 2 aliphatic heterocycles. The first-order chi connectivity index (χ1) is 14.5. The maximum absolute atomic E-state index is 5.84. The number of para-hydroxylation sites is 2. The zero-order chi connectivity index (χ0) is 21.5. The summed E-state index contributed by atoms with van der Waals surface area (Å²) in [6.07, 6.45) is 0.217. The summed E-state index contributed by atoms with van der Waals surface area (Å²) in [7, 11) is 9.16. The number of likely N-dealkylation sites (N-methyl/N-ethyl adjacent to an activating group) is 2. The number of nitrogens with zero attached hydrogens (tertiary/aromatic N) is 2. The molecule has 0 N–H and O–H groups in total. The molecule has 2 heterocycles. The molecule has 2 aromatic carbocycles. The van der Waals surface area contributed by atoms with Crippen molar-refractivity contribution >= 4 is 11.4 Å². The number of fused-ring (bicyclic) bond motifs is 2. The van der Waals surface area contributed by atoms with Crippen LogP contribution in [0.3, 0.4) is 0 Å². The van der Waals surface area contributed by atoms with Gasteiger partial charge in [-0.05, 0) is 24.3 Å². The SMILES string of the molecule is COC[C@H]1CN(C)c2ccc(OC)cc2O1.COC[C@H]1CN(C)c2ccccc2O1. The Morgan fingerprint density at radius 2 is 1.37 bits per heavy atom. The molecule has 0 saturated carbocycles. The third-order valence-corrected chi connectivity index (χ3v) is 5.10. The summed E-state index contributed by atoms with van der Waals surface area (Å²) in [5.41, 5.74) is 2.24. The lowest BCUT2D eigenvalue weighted by molar-refractivity contribution is 0.0799. The van der Waals surface area contributed by atoms with Gasteiger partial charge >= 0.3 is 0 Å². The Kier molecular flexibility index (Phi) is 7.65. The van der Waals surface area contributed by atoms with E-state index in [1.165, 1.54) is 0 Å². The lowest BCUT2D eigenvalue weighted by Gasteiger charge is -2.33. The van der Waals surface area contributed by atoms with Crippen LogP contribution in [0.15, 0.2) is 42.5 Å². The highest BCUT2D eigenvalue weighted by Crippen LogP contribution is 2.35. The fraction of sp³-hybridized carbons (Fsp3) is 0.478. The molecule has 30 heavy (non-hydrogen) atoms. The van der Waals surface area contributed by atoms with E-state index in [4.69, 9.17) is 23.7 Å². The zero-order valence-electron chi connectivity index (χ0n) is 18.5. The molecule has 0 amide bonds. The number of anilines is 2. The molecule has 0 aromatic heterocycles. The van der Waals surface area contributed by atoms with E-state index in [9.17, 15) is 0 Å². The van der Waals surface area contributed by atoms with E-state index in [0.29, 0.717) is 13.2 Å². The van der Waals surface area contributed by atoms with Gasteiger partial charge < -0.3 is 33.5 Å². The van der Waals surface area contributed by atoms with Crippen molar-refractivity contribution in [3.05, 3.63) is 42.5 Å². The lowest BCUT2D eigenvalue weighted by atomic mass is 10.2. The molecular formula is C23H32N2O5. The molecule has 0 saturated heterocycles. The van der Waals surface area contributed by atoms with Gasteiger partial charge in [0, 0.05) is 34.4 Å². The maximum Gasteiger partial charge on any atom is 0.146 e. The van der Waals surface area contributed by atoms with Crippen LogP contribution in [0.2, 0.25) is 0 Å². The third kappa shape index (κ3) is 5.29. The molecule has 2 atom stereocenters. The van der Waals surface area contributed by atoms with E-state index in [1.54, 1.807) is 21.3 Å². The minimum absolute atomic E-state index is 0.0783. The highest BCUT2D eigenvalue weighted by Gasteiger charge is 2.24. The average Bonchev–Trinajstić information content (AvgIpc) is 2.74. The second kappa shape index (κ2) is 10.4. The quantitative estimate of drug-likeness (QED) is 0.742. The molecule has 0 bridgehead atoms. The Morgan fingerprint density at radius 3 is 1.97 bits per heavy atom. The van der Waals surface area contributed by atoms with E-state index in [2.05, 4.69) is 30.0 Å². The first kappa shape index (κ1) is 22.1. The summed E-state index contributed by atoms with van der Waals surface area (Å²) in [6.45, 7) is 2.96. The van der Waals surface area contributed by atoms with Crippen LogP contribution in [0.4, 0.5) is 11.4 Å². The fourth-order valence-electron chi connectivity index (χ4n) is 3.69.